The topological polar surface area (TPSA) is 48.3 Å². The number of benzene rings is 1. The molecule has 0 aliphatic rings. The lowest BCUT2D eigenvalue weighted by Gasteiger charge is -2.00. The molecule has 0 saturated heterocycles. The number of halogens is 1. The first-order chi connectivity index (χ1) is 7.43. The zero-order chi connectivity index (χ0) is 11.9. The van der Waals surface area contributed by atoms with E-state index in [9.17, 15) is 8.42 Å². The summed E-state index contributed by atoms with van der Waals surface area (Å²) in [6.07, 6.45) is 1.49. The van der Waals surface area contributed by atoms with E-state index in [1.807, 2.05) is 0 Å². The molecule has 16 heavy (non-hydrogen) atoms. The second kappa shape index (κ2) is 3.68. The maximum absolute atomic E-state index is 11.4. The Labute approximate surface area is 97.8 Å². The third-order valence-electron chi connectivity index (χ3n) is 2.42. The monoisotopic (exact) mass is 259 g/mol. The molecule has 6 heteroatoms. The Morgan fingerprint density at radius 1 is 1.38 bits per heavy atom. The van der Waals surface area contributed by atoms with Crippen molar-refractivity contribution in [1.82, 2.24) is 4.57 Å². The lowest BCUT2D eigenvalue weighted by Crippen LogP contribution is -1.88. The van der Waals surface area contributed by atoms with Gasteiger partial charge in [-0.25, -0.2) is 8.42 Å². The quantitative estimate of drug-likeness (QED) is 0.776. The summed E-state index contributed by atoms with van der Waals surface area (Å²) in [7, 11) is 4.92. The van der Waals surface area contributed by atoms with Crippen LogP contribution in [0.2, 0.25) is 0 Å². The molecule has 2 rings (SSSR count). The lowest BCUT2D eigenvalue weighted by molar-refractivity contribution is 0.415. The molecule has 86 valence electrons. The molecular formula is C10H10ClNO3S. The zero-order valence-corrected chi connectivity index (χ0v) is 10.3. The van der Waals surface area contributed by atoms with Gasteiger partial charge in [-0.05, 0) is 18.2 Å². The fourth-order valence-corrected chi connectivity index (χ4v) is 2.74. The van der Waals surface area contributed by atoms with Crippen LogP contribution in [0.15, 0.2) is 29.3 Å². The minimum Gasteiger partial charge on any atom is -0.497 e. The molecule has 0 amide bonds. The molecule has 0 aliphatic carbocycles. The van der Waals surface area contributed by atoms with Crippen LogP contribution in [-0.4, -0.2) is 20.1 Å². The van der Waals surface area contributed by atoms with Gasteiger partial charge in [-0.15, -0.1) is 0 Å². The van der Waals surface area contributed by atoms with Crippen LogP contribution in [-0.2, 0) is 16.1 Å². The third kappa shape index (κ3) is 1.76. The van der Waals surface area contributed by atoms with Crippen molar-refractivity contribution in [3.05, 3.63) is 24.4 Å². The van der Waals surface area contributed by atoms with Crippen LogP contribution in [0.3, 0.4) is 0 Å². The predicted octanol–water partition coefficient (Wildman–Crippen LogP) is 2.11. The van der Waals surface area contributed by atoms with Crippen molar-refractivity contribution in [3.63, 3.8) is 0 Å². The van der Waals surface area contributed by atoms with E-state index in [-0.39, 0.29) is 4.90 Å². The highest BCUT2D eigenvalue weighted by Crippen LogP contribution is 2.30. The highest BCUT2D eigenvalue weighted by Gasteiger charge is 2.18. The number of fused-ring (bicyclic) bond motifs is 1. The van der Waals surface area contributed by atoms with E-state index in [2.05, 4.69) is 0 Å². The summed E-state index contributed by atoms with van der Waals surface area (Å²) >= 11 is 0. The smallest absolute Gasteiger partial charge is 0.263 e. The first kappa shape index (κ1) is 11.3. The largest absolute Gasteiger partial charge is 0.497 e. The zero-order valence-electron chi connectivity index (χ0n) is 8.77. The number of hydrogen-bond donors (Lipinski definition) is 0. The van der Waals surface area contributed by atoms with Crippen molar-refractivity contribution < 1.29 is 13.2 Å². The van der Waals surface area contributed by atoms with Crippen molar-refractivity contribution in [2.75, 3.05) is 7.11 Å². The van der Waals surface area contributed by atoms with Crippen LogP contribution in [0.4, 0.5) is 0 Å². The van der Waals surface area contributed by atoms with Gasteiger partial charge in [0, 0.05) is 34.8 Å². The maximum atomic E-state index is 11.4. The molecule has 0 atom stereocenters. The lowest BCUT2D eigenvalue weighted by atomic mass is 10.2. The second-order valence-corrected chi connectivity index (χ2v) is 5.96. The molecule has 0 bridgehead atoms. The summed E-state index contributed by atoms with van der Waals surface area (Å²) < 4.78 is 29.5. The maximum Gasteiger partial charge on any atom is 0.263 e. The normalized spacial score (nSPS) is 11.9. The van der Waals surface area contributed by atoms with E-state index in [0.29, 0.717) is 11.1 Å². The number of hydrogen-bond acceptors (Lipinski definition) is 3. The molecule has 4 nitrogen and oxygen atoms in total. The Hall–Kier alpha value is -1.20. The highest BCUT2D eigenvalue weighted by atomic mass is 35.7. The summed E-state index contributed by atoms with van der Waals surface area (Å²) in [5, 5.41) is 0.567. The van der Waals surface area contributed by atoms with Gasteiger partial charge in [-0.3, -0.25) is 0 Å². The molecule has 0 radical (unpaired) electrons. The van der Waals surface area contributed by atoms with Gasteiger partial charge in [0.25, 0.3) is 9.05 Å². The van der Waals surface area contributed by atoms with Crippen LogP contribution in [0.25, 0.3) is 10.9 Å². The number of ether oxygens (including phenoxy) is 1. The van der Waals surface area contributed by atoms with Crippen LogP contribution in [0, 0.1) is 0 Å². The van der Waals surface area contributed by atoms with Crippen LogP contribution in [0.1, 0.15) is 0 Å². The Kier molecular flexibility index (Phi) is 2.59. The van der Waals surface area contributed by atoms with Gasteiger partial charge in [0.05, 0.1) is 7.11 Å². The average Bonchev–Trinajstić information content (AvgIpc) is 2.55. The van der Waals surface area contributed by atoms with Crippen molar-refractivity contribution in [3.8, 4) is 5.75 Å². The van der Waals surface area contributed by atoms with E-state index in [1.54, 1.807) is 29.8 Å². The number of aromatic nitrogens is 1. The molecule has 0 saturated carbocycles. The molecule has 1 aromatic carbocycles. The third-order valence-corrected chi connectivity index (χ3v) is 3.77. The standard InChI is InChI=1S/C10H10ClNO3S/c1-12-6-10(16(11,13)14)8-5-7(15-2)3-4-9(8)12/h3-6H,1-2H3. The van der Waals surface area contributed by atoms with Crippen LogP contribution < -0.4 is 4.74 Å². The first-order valence-corrected chi connectivity index (χ1v) is 6.82. The molecule has 0 N–H and O–H groups in total. The molecule has 1 aromatic heterocycles. The van der Waals surface area contributed by atoms with Gasteiger partial charge in [-0.1, -0.05) is 0 Å². The van der Waals surface area contributed by atoms with E-state index >= 15 is 0 Å². The minimum absolute atomic E-state index is 0.102. The molecule has 0 spiro atoms. The first-order valence-electron chi connectivity index (χ1n) is 4.51. The number of nitrogens with zero attached hydrogens (tertiary/aromatic N) is 1. The minimum atomic E-state index is -3.74. The van der Waals surface area contributed by atoms with Gasteiger partial charge in [-0.2, -0.15) is 0 Å². The van der Waals surface area contributed by atoms with Crippen LogP contribution in [0.5, 0.6) is 5.75 Å². The molecular weight excluding hydrogens is 250 g/mol. The number of rotatable bonds is 2. The fraction of sp³-hybridized carbons (Fsp3) is 0.200. The number of aryl methyl sites for hydroxylation is 1. The van der Waals surface area contributed by atoms with E-state index in [1.165, 1.54) is 13.3 Å². The fourth-order valence-electron chi connectivity index (χ4n) is 1.66. The Bertz CT molecular complexity index is 645. The van der Waals surface area contributed by atoms with Crippen molar-refractivity contribution >= 4 is 30.6 Å². The van der Waals surface area contributed by atoms with E-state index < -0.39 is 9.05 Å². The van der Waals surface area contributed by atoms with Crippen molar-refractivity contribution in [1.29, 1.82) is 0 Å². The molecule has 0 aliphatic heterocycles. The highest BCUT2D eigenvalue weighted by molar-refractivity contribution is 8.14. The summed E-state index contributed by atoms with van der Waals surface area (Å²) in [5.41, 5.74) is 0.792. The summed E-state index contributed by atoms with van der Waals surface area (Å²) in [6, 6.07) is 5.22. The van der Waals surface area contributed by atoms with Gasteiger partial charge in [0.1, 0.15) is 10.6 Å². The second-order valence-electron chi connectivity index (χ2n) is 3.43. The summed E-state index contributed by atoms with van der Waals surface area (Å²) in [5.74, 6) is 0.597. The Morgan fingerprint density at radius 2 is 2.06 bits per heavy atom. The van der Waals surface area contributed by atoms with Gasteiger partial charge in [0.2, 0.25) is 0 Å². The predicted molar refractivity (Wildman–Crippen MR) is 62.5 cm³/mol. The Balaban J connectivity index is 2.86. The Morgan fingerprint density at radius 3 is 2.62 bits per heavy atom. The van der Waals surface area contributed by atoms with E-state index in [0.717, 1.165) is 5.52 Å². The summed E-state index contributed by atoms with van der Waals surface area (Å²) in [6.45, 7) is 0. The van der Waals surface area contributed by atoms with Crippen molar-refractivity contribution in [2.24, 2.45) is 7.05 Å². The number of methoxy groups -OCH3 is 1. The van der Waals surface area contributed by atoms with E-state index in [4.69, 9.17) is 15.4 Å². The molecule has 2 aromatic rings. The molecule has 0 unspecified atom stereocenters. The van der Waals surface area contributed by atoms with Gasteiger partial charge < -0.3 is 9.30 Å². The SMILES string of the molecule is COc1ccc2c(c1)c(S(=O)(=O)Cl)cn2C. The average molecular weight is 260 g/mol. The van der Waals surface area contributed by atoms with Crippen molar-refractivity contribution in [2.45, 2.75) is 4.90 Å². The van der Waals surface area contributed by atoms with Gasteiger partial charge in [0.15, 0.2) is 0 Å². The molecule has 0 fully saturated rings. The summed E-state index contributed by atoms with van der Waals surface area (Å²) in [4.78, 5) is 0.102. The van der Waals surface area contributed by atoms with Gasteiger partial charge >= 0.3 is 0 Å². The van der Waals surface area contributed by atoms with Crippen LogP contribution >= 0.6 is 10.7 Å². The molecule has 1 heterocycles.